The Morgan fingerprint density at radius 3 is 2.53 bits per heavy atom. The smallest absolute Gasteiger partial charge is 0.316 e. The molecular formula is C22H27N7O. The molecule has 0 spiro atoms. The summed E-state index contributed by atoms with van der Waals surface area (Å²) >= 11 is 0. The first-order valence-electron chi connectivity index (χ1n) is 10.6. The van der Waals surface area contributed by atoms with Crippen LogP contribution >= 0.6 is 0 Å². The predicted molar refractivity (Wildman–Crippen MR) is 117 cm³/mol. The van der Waals surface area contributed by atoms with E-state index in [1.807, 2.05) is 6.07 Å². The SMILES string of the molecule is COc1nccc(CN2CCN(c3ccc4ncnc(N5CCCC5)c4c3)CC2)n1. The van der Waals surface area contributed by atoms with E-state index in [1.165, 1.54) is 18.5 Å². The van der Waals surface area contributed by atoms with Gasteiger partial charge in [-0.15, -0.1) is 0 Å². The van der Waals surface area contributed by atoms with Gasteiger partial charge < -0.3 is 14.5 Å². The molecule has 3 aromatic rings. The number of piperazine rings is 1. The topological polar surface area (TPSA) is 70.5 Å². The highest BCUT2D eigenvalue weighted by Crippen LogP contribution is 2.30. The number of anilines is 2. The number of hydrogen-bond donors (Lipinski definition) is 0. The van der Waals surface area contributed by atoms with Crippen molar-refractivity contribution >= 4 is 22.4 Å². The molecule has 0 radical (unpaired) electrons. The molecule has 30 heavy (non-hydrogen) atoms. The Balaban J connectivity index is 1.29. The Morgan fingerprint density at radius 1 is 0.900 bits per heavy atom. The molecule has 2 aliphatic rings. The third kappa shape index (κ3) is 3.87. The van der Waals surface area contributed by atoms with Crippen molar-refractivity contribution in [3.8, 4) is 6.01 Å². The molecular weight excluding hydrogens is 378 g/mol. The lowest BCUT2D eigenvalue weighted by molar-refractivity contribution is 0.245. The Morgan fingerprint density at radius 2 is 1.73 bits per heavy atom. The number of hydrogen-bond acceptors (Lipinski definition) is 8. The zero-order chi connectivity index (χ0) is 20.3. The van der Waals surface area contributed by atoms with E-state index in [0.29, 0.717) is 6.01 Å². The fourth-order valence-corrected chi connectivity index (χ4v) is 4.36. The van der Waals surface area contributed by atoms with Crippen molar-refractivity contribution in [2.45, 2.75) is 19.4 Å². The summed E-state index contributed by atoms with van der Waals surface area (Å²) in [6, 6.07) is 8.98. The molecule has 156 valence electrons. The normalized spacial score (nSPS) is 17.6. The minimum atomic E-state index is 0.429. The van der Waals surface area contributed by atoms with Crippen molar-refractivity contribution in [2.75, 3.05) is 56.2 Å². The summed E-state index contributed by atoms with van der Waals surface area (Å²) in [6.07, 6.45) is 5.93. The van der Waals surface area contributed by atoms with Crippen LogP contribution in [0, 0.1) is 0 Å². The second kappa shape index (κ2) is 8.39. The molecule has 2 saturated heterocycles. The zero-order valence-electron chi connectivity index (χ0n) is 17.4. The van der Waals surface area contributed by atoms with E-state index in [-0.39, 0.29) is 0 Å². The van der Waals surface area contributed by atoms with Gasteiger partial charge in [-0.05, 0) is 37.1 Å². The van der Waals surface area contributed by atoms with Gasteiger partial charge in [0.25, 0.3) is 0 Å². The van der Waals surface area contributed by atoms with Crippen LogP contribution < -0.4 is 14.5 Å². The highest BCUT2D eigenvalue weighted by molar-refractivity contribution is 5.92. The van der Waals surface area contributed by atoms with Gasteiger partial charge >= 0.3 is 6.01 Å². The first kappa shape index (κ1) is 19.0. The number of fused-ring (bicyclic) bond motifs is 1. The monoisotopic (exact) mass is 405 g/mol. The molecule has 8 heteroatoms. The van der Waals surface area contributed by atoms with Crippen molar-refractivity contribution in [3.05, 3.63) is 42.5 Å². The van der Waals surface area contributed by atoms with Crippen LogP contribution in [0.15, 0.2) is 36.8 Å². The fraction of sp³-hybridized carbons (Fsp3) is 0.455. The molecule has 0 unspecified atom stereocenters. The molecule has 5 rings (SSSR count). The molecule has 2 fully saturated rings. The predicted octanol–water partition coefficient (Wildman–Crippen LogP) is 2.35. The van der Waals surface area contributed by atoms with E-state index in [9.17, 15) is 0 Å². The largest absolute Gasteiger partial charge is 0.467 e. The number of methoxy groups -OCH3 is 1. The second-order valence-corrected chi connectivity index (χ2v) is 7.89. The molecule has 2 aromatic heterocycles. The number of rotatable bonds is 5. The first-order chi connectivity index (χ1) is 14.8. The van der Waals surface area contributed by atoms with E-state index in [1.54, 1.807) is 19.6 Å². The molecule has 0 aliphatic carbocycles. The van der Waals surface area contributed by atoms with Crippen molar-refractivity contribution in [1.29, 1.82) is 0 Å². The zero-order valence-corrected chi connectivity index (χ0v) is 17.4. The van der Waals surface area contributed by atoms with Crippen LogP contribution in [0.2, 0.25) is 0 Å². The maximum atomic E-state index is 5.14. The van der Waals surface area contributed by atoms with Crippen molar-refractivity contribution in [1.82, 2.24) is 24.8 Å². The lowest BCUT2D eigenvalue weighted by atomic mass is 10.1. The second-order valence-electron chi connectivity index (χ2n) is 7.89. The highest BCUT2D eigenvalue weighted by atomic mass is 16.5. The molecule has 1 aromatic carbocycles. The Hall–Kier alpha value is -3.00. The third-order valence-corrected chi connectivity index (χ3v) is 6.00. The number of ether oxygens (including phenoxy) is 1. The molecule has 0 atom stereocenters. The quantitative estimate of drug-likeness (QED) is 0.641. The van der Waals surface area contributed by atoms with E-state index < -0.39 is 0 Å². The standard InChI is InChI=1S/C22H27N7O/c1-30-22-23-7-6-17(26-22)15-27-10-12-28(13-11-27)18-4-5-20-19(14-18)21(25-16-24-20)29-8-2-3-9-29/h4-7,14,16H,2-3,8-13,15H2,1H3. The molecule has 0 N–H and O–H groups in total. The minimum absolute atomic E-state index is 0.429. The maximum absolute atomic E-state index is 5.14. The van der Waals surface area contributed by atoms with Crippen LogP contribution in [-0.4, -0.2) is 71.2 Å². The molecule has 4 heterocycles. The molecule has 8 nitrogen and oxygen atoms in total. The number of benzene rings is 1. The van der Waals surface area contributed by atoms with E-state index >= 15 is 0 Å². The summed E-state index contributed by atoms with van der Waals surface area (Å²) in [5.74, 6) is 1.08. The number of nitrogens with zero attached hydrogens (tertiary/aromatic N) is 7. The molecule has 0 saturated carbocycles. The summed E-state index contributed by atoms with van der Waals surface area (Å²) in [5, 5.41) is 1.16. The summed E-state index contributed by atoms with van der Waals surface area (Å²) < 4.78 is 5.14. The van der Waals surface area contributed by atoms with Crippen LogP contribution in [0.5, 0.6) is 6.01 Å². The average Bonchev–Trinajstić information content (AvgIpc) is 3.34. The van der Waals surface area contributed by atoms with Gasteiger partial charge in [0, 0.05) is 63.1 Å². The fourth-order valence-electron chi connectivity index (χ4n) is 4.36. The van der Waals surface area contributed by atoms with Gasteiger partial charge in [0.15, 0.2) is 0 Å². The molecule has 2 aliphatic heterocycles. The molecule has 0 amide bonds. The van der Waals surface area contributed by atoms with Gasteiger partial charge in [0.05, 0.1) is 18.3 Å². The van der Waals surface area contributed by atoms with Gasteiger partial charge in [-0.1, -0.05) is 0 Å². The Labute approximate surface area is 176 Å². The van der Waals surface area contributed by atoms with Crippen LogP contribution in [-0.2, 0) is 6.54 Å². The van der Waals surface area contributed by atoms with E-state index in [0.717, 1.165) is 68.2 Å². The minimum Gasteiger partial charge on any atom is -0.467 e. The van der Waals surface area contributed by atoms with E-state index in [4.69, 9.17) is 4.74 Å². The third-order valence-electron chi connectivity index (χ3n) is 6.00. The lowest BCUT2D eigenvalue weighted by Gasteiger charge is -2.36. The van der Waals surface area contributed by atoms with Crippen LogP contribution in [0.4, 0.5) is 11.5 Å². The average molecular weight is 406 g/mol. The summed E-state index contributed by atoms with van der Waals surface area (Å²) in [7, 11) is 1.60. The van der Waals surface area contributed by atoms with Crippen LogP contribution in [0.1, 0.15) is 18.5 Å². The van der Waals surface area contributed by atoms with Gasteiger partial charge in [0.2, 0.25) is 0 Å². The lowest BCUT2D eigenvalue weighted by Crippen LogP contribution is -2.46. The Bertz CT molecular complexity index is 1010. The first-order valence-corrected chi connectivity index (χ1v) is 10.6. The summed E-state index contributed by atoms with van der Waals surface area (Å²) in [6.45, 7) is 6.95. The summed E-state index contributed by atoms with van der Waals surface area (Å²) in [5.41, 5.74) is 3.27. The van der Waals surface area contributed by atoms with E-state index in [2.05, 4.69) is 52.8 Å². The van der Waals surface area contributed by atoms with Gasteiger partial charge in [0.1, 0.15) is 12.1 Å². The Kier molecular flexibility index (Phi) is 5.31. The van der Waals surface area contributed by atoms with Crippen LogP contribution in [0.3, 0.4) is 0 Å². The van der Waals surface area contributed by atoms with Gasteiger partial charge in [-0.2, -0.15) is 4.98 Å². The summed E-state index contributed by atoms with van der Waals surface area (Å²) in [4.78, 5) is 24.9. The van der Waals surface area contributed by atoms with Crippen molar-refractivity contribution in [3.63, 3.8) is 0 Å². The van der Waals surface area contributed by atoms with Crippen molar-refractivity contribution < 1.29 is 4.74 Å². The highest BCUT2D eigenvalue weighted by Gasteiger charge is 2.20. The van der Waals surface area contributed by atoms with Gasteiger partial charge in [-0.25, -0.2) is 15.0 Å². The molecule has 0 bridgehead atoms. The van der Waals surface area contributed by atoms with Crippen LogP contribution in [0.25, 0.3) is 10.9 Å². The van der Waals surface area contributed by atoms with Crippen molar-refractivity contribution in [2.24, 2.45) is 0 Å². The number of aromatic nitrogens is 4. The maximum Gasteiger partial charge on any atom is 0.316 e. The van der Waals surface area contributed by atoms with Gasteiger partial charge in [-0.3, -0.25) is 4.90 Å².